The van der Waals surface area contributed by atoms with Crippen molar-refractivity contribution < 1.29 is 14.3 Å². The zero-order chi connectivity index (χ0) is 13.8. The number of carbonyl (C=O) groups excluding carboxylic acids is 1. The number of nitrogens with two attached hydrogens (primary N) is 1. The van der Waals surface area contributed by atoms with Gasteiger partial charge in [0.05, 0.1) is 19.4 Å². The van der Waals surface area contributed by atoms with Crippen molar-refractivity contribution in [3.05, 3.63) is 36.0 Å². The third-order valence-corrected chi connectivity index (χ3v) is 2.61. The van der Waals surface area contributed by atoms with Gasteiger partial charge in [0.2, 0.25) is 0 Å². The summed E-state index contributed by atoms with van der Waals surface area (Å²) in [6, 6.07) is 8.91. The van der Waals surface area contributed by atoms with Crippen molar-refractivity contribution in [1.29, 1.82) is 0 Å². The minimum atomic E-state index is -0.489. The lowest BCUT2D eigenvalue weighted by Crippen LogP contribution is -2.19. The molecule has 0 aliphatic heterocycles. The topological polar surface area (TPSA) is 79.4 Å². The Bertz CT molecular complexity index is 575. The van der Waals surface area contributed by atoms with Gasteiger partial charge in [-0.05, 0) is 31.2 Å². The maximum Gasteiger partial charge on any atom is 0.358 e. The van der Waals surface area contributed by atoms with Gasteiger partial charge in [0.15, 0.2) is 5.69 Å². The second kappa shape index (κ2) is 5.43. The largest absolute Gasteiger partial charge is 0.497 e. The smallest absolute Gasteiger partial charge is 0.358 e. The molecule has 0 aliphatic rings. The van der Waals surface area contributed by atoms with E-state index in [-0.39, 0.29) is 5.69 Å². The summed E-state index contributed by atoms with van der Waals surface area (Å²) in [5.74, 6) is 5.91. The fourth-order valence-electron chi connectivity index (χ4n) is 1.65. The molecule has 1 aromatic heterocycles. The van der Waals surface area contributed by atoms with Gasteiger partial charge in [-0.25, -0.2) is 4.79 Å². The number of aromatic nitrogens is 2. The Balaban J connectivity index is 2.30. The van der Waals surface area contributed by atoms with E-state index in [1.54, 1.807) is 20.1 Å². The van der Waals surface area contributed by atoms with Crippen molar-refractivity contribution in [2.75, 3.05) is 19.6 Å². The standard InChI is InChI=1S/C13H15N3O3/c1-3-19-13(17)12-8-11(15-16(12)14)9-4-6-10(18-2)7-5-9/h4-8H,3,14H2,1-2H3. The third-order valence-electron chi connectivity index (χ3n) is 2.61. The molecule has 0 saturated carbocycles. The summed E-state index contributed by atoms with van der Waals surface area (Å²) in [5.41, 5.74) is 1.66. The van der Waals surface area contributed by atoms with Crippen molar-refractivity contribution in [3.8, 4) is 17.0 Å². The zero-order valence-corrected chi connectivity index (χ0v) is 10.8. The number of esters is 1. The predicted molar refractivity (Wildman–Crippen MR) is 70.3 cm³/mol. The lowest BCUT2D eigenvalue weighted by molar-refractivity contribution is 0.0515. The molecule has 1 aromatic carbocycles. The van der Waals surface area contributed by atoms with Crippen LogP contribution in [0.5, 0.6) is 5.75 Å². The lowest BCUT2D eigenvalue weighted by Gasteiger charge is -2.00. The van der Waals surface area contributed by atoms with E-state index in [2.05, 4.69) is 5.10 Å². The van der Waals surface area contributed by atoms with Gasteiger partial charge >= 0.3 is 5.97 Å². The van der Waals surface area contributed by atoms with Crippen molar-refractivity contribution in [2.24, 2.45) is 0 Å². The number of hydrogen-bond donors (Lipinski definition) is 1. The summed E-state index contributed by atoms with van der Waals surface area (Å²) < 4.78 is 9.97. The van der Waals surface area contributed by atoms with Crippen LogP contribution in [0.25, 0.3) is 11.3 Å². The van der Waals surface area contributed by atoms with Gasteiger partial charge in [0, 0.05) is 11.6 Å². The maximum absolute atomic E-state index is 11.6. The summed E-state index contributed by atoms with van der Waals surface area (Å²) in [6.45, 7) is 2.03. The Morgan fingerprint density at radius 3 is 2.63 bits per heavy atom. The fraction of sp³-hybridized carbons (Fsp3) is 0.231. The Hall–Kier alpha value is -2.50. The summed E-state index contributed by atoms with van der Waals surface area (Å²) in [7, 11) is 1.60. The Labute approximate surface area is 110 Å². The minimum Gasteiger partial charge on any atom is -0.497 e. The third kappa shape index (κ3) is 2.67. The van der Waals surface area contributed by atoms with E-state index in [0.717, 1.165) is 16.1 Å². The van der Waals surface area contributed by atoms with Crippen LogP contribution in [0, 0.1) is 0 Å². The summed E-state index contributed by atoms with van der Waals surface area (Å²) in [4.78, 5) is 12.7. The first-order valence-corrected chi connectivity index (χ1v) is 5.82. The normalized spacial score (nSPS) is 10.2. The van der Waals surface area contributed by atoms with Crippen LogP contribution in [0.4, 0.5) is 0 Å². The van der Waals surface area contributed by atoms with E-state index in [4.69, 9.17) is 15.3 Å². The Morgan fingerprint density at radius 1 is 1.37 bits per heavy atom. The van der Waals surface area contributed by atoms with Crippen LogP contribution in [0.15, 0.2) is 30.3 Å². The highest BCUT2D eigenvalue weighted by Crippen LogP contribution is 2.21. The van der Waals surface area contributed by atoms with Crippen molar-refractivity contribution in [3.63, 3.8) is 0 Å². The first-order chi connectivity index (χ1) is 9.15. The maximum atomic E-state index is 11.6. The highest BCUT2D eigenvalue weighted by molar-refractivity contribution is 5.89. The van der Waals surface area contributed by atoms with E-state index < -0.39 is 5.97 Å². The van der Waals surface area contributed by atoms with Crippen LogP contribution in [0.2, 0.25) is 0 Å². The van der Waals surface area contributed by atoms with E-state index >= 15 is 0 Å². The number of ether oxygens (including phenoxy) is 2. The Kier molecular flexibility index (Phi) is 3.70. The first-order valence-electron chi connectivity index (χ1n) is 5.82. The lowest BCUT2D eigenvalue weighted by atomic mass is 10.1. The summed E-state index contributed by atoms with van der Waals surface area (Å²) in [6.07, 6.45) is 0. The van der Waals surface area contributed by atoms with Crippen LogP contribution < -0.4 is 10.6 Å². The van der Waals surface area contributed by atoms with Crippen molar-refractivity contribution in [1.82, 2.24) is 9.89 Å². The molecule has 19 heavy (non-hydrogen) atoms. The van der Waals surface area contributed by atoms with Gasteiger partial charge < -0.3 is 15.3 Å². The van der Waals surface area contributed by atoms with E-state index in [1.807, 2.05) is 24.3 Å². The molecule has 0 bridgehead atoms. The molecule has 2 N–H and O–H groups in total. The molecule has 0 radical (unpaired) electrons. The Morgan fingerprint density at radius 2 is 2.05 bits per heavy atom. The average Bonchev–Trinajstić information content (AvgIpc) is 2.81. The molecule has 6 nitrogen and oxygen atoms in total. The zero-order valence-electron chi connectivity index (χ0n) is 10.8. The van der Waals surface area contributed by atoms with E-state index in [1.165, 1.54) is 0 Å². The van der Waals surface area contributed by atoms with Gasteiger partial charge in [-0.2, -0.15) is 9.89 Å². The molecule has 6 heteroatoms. The van der Waals surface area contributed by atoms with Crippen LogP contribution in [0.1, 0.15) is 17.4 Å². The highest BCUT2D eigenvalue weighted by atomic mass is 16.5. The van der Waals surface area contributed by atoms with Crippen molar-refractivity contribution >= 4 is 5.97 Å². The number of nitrogen functional groups attached to an aromatic ring is 1. The van der Waals surface area contributed by atoms with Gasteiger partial charge in [-0.1, -0.05) is 0 Å². The number of nitrogens with zero attached hydrogens (tertiary/aromatic N) is 2. The second-order valence-corrected chi connectivity index (χ2v) is 3.81. The number of hydrogen-bond acceptors (Lipinski definition) is 5. The monoisotopic (exact) mass is 261 g/mol. The molecule has 0 spiro atoms. The molecule has 1 heterocycles. The average molecular weight is 261 g/mol. The van der Waals surface area contributed by atoms with Crippen LogP contribution in [-0.2, 0) is 4.74 Å². The number of methoxy groups -OCH3 is 1. The molecule has 0 aliphatic carbocycles. The second-order valence-electron chi connectivity index (χ2n) is 3.81. The fourth-order valence-corrected chi connectivity index (χ4v) is 1.65. The number of benzene rings is 1. The molecule has 0 amide bonds. The summed E-state index contributed by atoms with van der Waals surface area (Å²) >= 11 is 0. The van der Waals surface area contributed by atoms with Crippen LogP contribution in [-0.4, -0.2) is 29.6 Å². The molecular weight excluding hydrogens is 246 g/mol. The SMILES string of the molecule is CCOC(=O)c1cc(-c2ccc(OC)cc2)nn1N. The highest BCUT2D eigenvalue weighted by Gasteiger charge is 2.15. The van der Waals surface area contributed by atoms with Gasteiger partial charge in [0.1, 0.15) is 5.75 Å². The van der Waals surface area contributed by atoms with Gasteiger partial charge in [0.25, 0.3) is 0 Å². The first kappa shape index (κ1) is 12.9. The molecule has 2 rings (SSSR count). The van der Waals surface area contributed by atoms with Crippen LogP contribution >= 0.6 is 0 Å². The molecule has 0 fully saturated rings. The molecule has 0 unspecified atom stereocenters. The number of carbonyl (C=O) groups is 1. The summed E-state index contributed by atoms with van der Waals surface area (Å²) in [5, 5.41) is 4.09. The van der Waals surface area contributed by atoms with Gasteiger partial charge in [-0.3, -0.25) is 0 Å². The number of rotatable bonds is 4. The van der Waals surface area contributed by atoms with E-state index in [9.17, 15) is 4.79 Å². The van der Waals surface area contributed by atoms with Crippen molar-refractivity contribution in [2.45, 2.75) is 6.92 Å². The van der Waals surface area contributed by atoms with Crippen LogP contribution in [0.3, 0.4) is 0 Å². The predicted octanol–water partition coefficient (Wildman–Crippen LogP) is 1.45. The van der Waals surface area contributed by atoms with Gasteiger partial charge in [-0.15, -0.1) is 0 Å². The minimum absolute atomic E-state index is 0.215. The molecular formula is C13H15N3O3. The molecule has 2 aromatic rings. The molecule has 0 saturated heterocycles. The molecule has 100 valence electrons. The van der Waals surface area contributed by atoms with E-state index in [0.29, 0.717) is 12.3 Å². The quantitative estimate of drug-likeness (QED) is 0.665. The molecule has 0 atom stereocenters.